The Hall–Kier alpha value is -0.370. The van der Waals surface area contributed by atoms with Crippen LogP contribution < -0.4 is 0 Å². The average molecular weight is 153 g/mol. The monoisotopic (exact) mass is 153 g/mol. The Labute approximate surface area is 67.6 Å². The van der Waals surface area contributed by atoms with E-state index in [1.807, 2.05) is 6.92 Å². The van der Waals surface area contributed by atoms with E-state index >= 15 is 0 Å². The van der Waals surface area contributed by atoms with Crippen molar-refractivity contribution >= 4 is 5.78 Å². The number of rotatable bonds is 0. The molecule has 2 nitrogen and oxygen atoms in total. The second-order valence-electron chi connectivity index (χ2n) is 3.73. The molecule has 0 bridgehead atoms. The summed E-state index contributed by atoms with van der Waals surface area (Å²) in [6.45, 7) is 3.20. The van der Waals surface area contributed by atoms with Crippen molar-refractivity contribution in [2.75, 3.05) is 6.54 Å². The first-order chi connectivity index (χ1) is 5.29. The molecular weight excluding hydrogens is 138 g/mol. The molecule has 0 radical (unpaired) electrons. The van der Waals surface area contributed by atoms with Gasteiger partial charge in [0.25, 0.3) is 0 Å². The molecule has 0 amide bonds. The summed E-state index contributed by atoms with van der Waals surface area (Å²) in [5.74, 6) is 0.455. The Bertz CT molecular complexity index is 178. The zero-order valence-electron chi connectivity index (χ0n) is 7.05. The Balaban J connectivity index is 2.11. The molecule has 2 fully saturated rings. The lowest BCUT2D eigenvalue weighted by Crippen LogP contribution is -2.39. The van der Waals surface area contributed by atoms with Crippen LogP contribution >= 0.6 is 0 Å². The molecule has 0 unspecified atom stereocenters. The topological polar surface area (TPSA) is 20.3 Å². The number of hydrogen-bond donors (Lipinski definition) is 0. The quantitative estimate of drug-likeness (QED) is 0.521. The van der Waals surface area contributed by atoms with Crippen molar-refractivity contribution in [3.8, 4) is 0 Å². The summed E-state index contributed by atoms with van der Waals surface area (Å²) in [6, 6.07) is 0.826. The van der Waals surface area contributed by atoms with E-state index in [0.29, 0.717) is 11.8 Å². The second kappa shape index (κ2) is 2.59. The highest BCUT2D eigenvalue weighted by Gasteiger charge is 2.37. The fraction of sp³-hybridized carbons (Fsp3) is 0.889. The van der Waals surface area contributed by atoms with Crippen LogP contribution in [0.4, 0.5) is 0 Å². The molecule has 2 aliphatic rings. The molecule has 62 valence electrons. The van der Waals surface area contributed by atoms with Gasteiger partial charge in [0.05, 0.1) is 6.04 Å². The van der Waals surface area contributed by atoms with Gasteiger partial charge < -0.3 is 0 Å². The predicted octanol–water partition coefficient (Wildman–Crippen LogP) is 1.20. The van der Waals surface area contributed by atoms with E-state index < -0.39 is 0 Å². The van der Waals surface area contributed by atoms with Crippen molar-refractivity contribution in [3.63, 3.8) is 0 Å². The van der Waals surface area contributed by atoms with Crippen molar-refractivity contribution in [1.82, 2.24) is 4.90 Å². The summed E-state index contributed by atoms with van der Waals surface area (Å²) in [5, 5.41) is 0. The molecule has 0 aromatic heterocycles. The Kier molecular flexibility index (Phi) is 1.72. The fourth-order valence-corrected chi connectivity index (χ4v) is 2.34. The standard InChI is InChI=1S/C9H15NO/c1-7-9(11)6-8-4-2-3-5-10(7)8/h7-8H,2-6H2,1H3/t7-,8-/m1/s1. The van der Waals surface area contributed by atoms with E-state index in [4.69, 9.17) is 0 Å². The SMILES string of the molecule is C[C@@H]1C(=O)C[C@H]2CCCCN21. The maximum atomic E-state index is 11.3. The van der Waals surface area contributed by atoms with Crippen LogP contribution in [0.15, 0.2) is 0 Å². The van der Waals surface area contributed by atoms with Crippen LogP contribution in [0.5, 0.6) is 0 Å². The zero-order chi connectivity index (χ0) is 7.84. The summed E-state index contributed by atoms with van der Waals surface area (Å²) in [7, 11) is 0. The van der Waals surface area contributed by atoms with Gasteiger partial charge in [-0.1, -0.05) is 6.42 Å². The van der Waals surface area contributed by atoms with Crippen LogP contribution in [-0.2, 0) is 4.79 Å². The van der Waals surface area contributed by atoms with Gasteiger partial charge in [-0.2, -0.15) is 0 Å². The minimum atomic E-state index is 0.222. The lowest BCUT2D eigenvalue weighted by atomic mass is 10.0. The molecule has 0 spiro atoms. The van der Waals surface area contributed by atoms with Crippen molar-refractivity contribution < 1.29 is 4.79 Å². The second-order valence-corrected chi connectivity index (χ2v) is 3.73. The van der Waals surface area contributed by atoms with Gasteiger partial charge in [0, 0.05) is 12.5 Å². The van der Waals surface area contributed by atoms with Crippen LogP contribution in [0.3, 0.4) is 0 Å². The molecule has 2 rings (SSSR count). The highest BCUT2D eigenvalue weighted by Crippen LogP contribution is 2.28. The van der Waals surface area contributed by atoms with Crippen LogP contribution in [0.1, 0.15) is 32.6 Å². The van der Waals surface area contributed by atoms with E-state index in [9.17, 15) is 4.79 Å². The molecule has 0 aromatic carbocycles. The summed E-state index contributed by atoms with van der Waals surface area (Å²) in [4.78, 5) is 13.7. The summed E-state index contributed by atoms with van der Waals surface area (Å²) in [5.41, 5.74) is 0. The van der Waals surface area contributed by atoms with Crippen LogP contribution in [0.25, 0.3) is 0 Å². The molecule has 0 aromatic rings. The lowest BCUT2D eigenvalue weighted by molar-refractivity contribution is -0.119. The molecule has 0 saturated carbocycles. The average Bonchev–Trinajstić information content (AvgIpc) is 2.30. The minimum absolute atomic E-state index is 0.222. The molecule has 2 aliphatic heterocycles. The first kappa shape index (κ1) is 7.29. The molecular formula is C9H15NO. The van der Waals surface area contributed by atoms with Crippen LogP contribution in [-0.4, -0.2) is 29.3 Å². The smallest absolute Gasteiger partial charge is 0.151 e. The fourth-order valence-electron chi connectivity index (χ4n) is 2.34. The van der Waals surface area contributed by atoms with E-state index in [0.717, 1.165) is 13.0 Å². The number of carbonyl (C=O) groups excluding carboxylic acids is 1. The van der Waals surface area contributed by atoms with Crippen LogP contribution in [0.2, 0.25) is 0 Å². The normalized spacial score (nSPS) is 39.2. The lowest BCUT2D eigenvalue weighted by Gasteiger charge is -2.31. The van der Waals surface area contributed by atoms with Gasteiger partial charge >= 0.3 is 0 Å². The minimum Gasteiger partial charge on any atom is -0.298 e. The maximum Gasteiger partial charge on any atom is 0.151 e. The Morgan fingerprint density at radius 1 is 1.45 bits per heavy atom. The molecule has 2 heterocycles. The van der Waals surface area contributed by atoms with Crippen molar-refractivity contribution in [2.24, 2.45) is 0 Å². The molecule has 0 aliphatic carbocycles. The van der Waals surface area contributed by atoms with E-state index in [1.165, 1.54) is 19.3 Å². The van der Waals surface area contributed by atoms with Gasteiger partial charge in [-0.15, -0.1) is 0 Å². The number of Topliss-reactive ketones (excluding diaryl/α,β-unsaturated/α-hetero) is 1. The highest BCUT2D eigenvalue weighted by atomic mass is 16.1. The van der Waals surface area contributed by atoms with Gasteiger partial charge in [-0.25, -0.2) is 0 Å². The van der Waals surface area contributed by atoms with E-state index in [-0.39, 0.29) is 6.04 Å². The van der Waals surface area contributed by atoms with Gasteiger partial charge in [0.1, 0.15) is 0 Å². The third kappa shape index (κ3) is 1.09. The Morgan fingerprint density at radius 3 is 3.00 bits per heavy atom. The maximum absolute atomic E-state index is 11.3. The summed E-state index contributed by atoms with van der Waals surface area (Å²) in [6.07, 6.45) is 4.67. The Morgan fingerprint density at radius 2 is 2.27 bits per heavy atom. The van der Waals surface area contributed by atoms with Crippen molar-refractivity contribution in [1.29, 1.82) is 0 Å². The zero-order valence-corrected chi connectivity index (χ0v) is 7.05. The molecule has 2 heteroatoms. The van der Waals surface area contributed by atoms with Gasteiger partial charge in [-0.05, 0) is 26.3 Å². The van der Waals surface area contributed by atoms with Gasteiger partial charge in [0.15, 0.2) is 5.78 Å². The number of carbonyl (C=O) groups is 1. The number of piperidine rings is 1. The van der Waals surface area contributed by atoms with Crippen LogP contribution in [0, 0.1) is 0 Å². The molecule has 2 saturated heterocycles. The number of fused-ring (bicyclic) bond motifs is 1. The highest BCUT2D eigenvalue weighted by molar-refractivity contribution is 5.86. The summed E-state index contributed by atoms with van der Waals surface area (Å²) >= 11 is 0. The molecule has 11 heavy (non-hydrogen) atoms. The molecule has 2 atom stereocenters. The van der Waals surface area contributed by atoms with E-state index in [2.05, 4.69) is 4.90 Å². The molecule has 0 N–H and O–H groups in total. The number of hydrogen-bond acceptors (Lipinski definition) is 2. The number of ketones is 1. The predicted molar refractivity (Wildman–Crippen MR) is 43.4 cm³/mol. The van der Waals surface area contributed by atoms with E-state index in [1.54, 1.807) is 0 Å². The third-order valence-electron chi connectivity index (χ3n) is 3.07. The first-order valence-corrected chi connectivity index (χ1v) is 4.57. The third-order valence-corrected chi connectivity index (χ3v) is 3.07. The van der Waals surface area contributed by atoms with Gasteiger partial charge in [0.2, 0.25) is 0 Å². The summed E-state index contributed by atoms with van der Waals surface area (Å²) < 4.78 is 0. The van der Waals surface area contributed by atoms with Gasteiger partial charge in [-0.3, -0.25) is 9.69 Å². The van der Waals surface area contributed by atoms with Crippen molar-refractivity contribution in [3.05, 3.63) is 0 Å². The van der Waals surface area contributed by atoms with Crippen molar-refractivity contribution in [2.45, 2.75) is 44.7 Å². The number of nitrogens with zero attached hydrogens (tertiary/aromatic N) is 1. The largest absolute Gasteiger partial charge is 0.298 e. The first-order valence-electron chi connectivity index (χ1n) is 4.57.